The summed E-state index contributed by atoms with van der Waals surface area (Å²) in [6.45, 7) is 6.21. The Hall–Kier alpha value is -1.67. The van der Waals surface area contributed by atoms with E-state index < -0.39 is 11.7 Å². The molecule has 0 aliphatic heterocycles. The summed E-state index contributed by atoms with van der Waals surface area (Å²) in [4.78, 5) is 11.5. The van der Waals surface area contributed by atoms with Crippen LogP contribution in [-0.2, 0) is 4.74 Å². The minimum atomic E-state index is -0.499. The highest BCUT2D eigenvalue weighted by Crippen LogP contribution is 2.13. The Morgan fingerprint density at radius 3 is 2.52 bits per heavy atom. The Morgan fingerprint density at radius 2 is 1.96 bits per heavy atom. The van der Waals surface area contributed by atoms with Crippen LogP contribution in [0.25, 0.3) is 6.08 Å². The zero-order valence-electron chi connectivity index (χ0n) is 14.8. The summed E-state index contributed by atoms with van der Waals surface area (Å²) in [5, 5.41) is 8.38. The van der Waals surface area contributed by atoms with Gasteiger partial charge >= 0.3 is 6.09 Å². The zero-order valence-corrected chi connectivity index (χ0v) is 17.2. The topological polar surface area (TPSA) is 99.2 Å². The molecule has 140 valence electrons. The molecule has 0 heterocycles. The van der Waals surface area contributed by atoms with E-state index in [0.717, 1.165) is 17.1 Å². The molecule has 0 spiro atoms. The van der Waals surface area contributed by atoms with Crippen molar-refractivity contribution in [2.45, 2.75) is 26.4 Å². The molecule has 0 atom stereocenters. The molecule has 6 nitrogen and oxygen atoms in total. The minimum Gasteiger partial charge on any atom is -1.00 e. The van der Waals surface area contributed by atoms with Crippen molar-refractivity contribution >= 4 is 29.1 Å². The maximum atomic E-state index is 11.5. The molecule has 5 N–H and O–H groups in total. The second-order valence-corrected chi connectivity index (χ2v) is 7.06. The van der Waals surface area contributed by atoms with Crippen LogP contribution in [0.3, 0.4) is 0 Å². The van der Waals surface area contributed by atoms with Gasteiger partial charge in [0.05, 0.1) is 6.54 Å². The predicted molar refractivity (Wildman–Crippen MR) is 98.8 cm³/mol. The Bertz CT molecular complexity index is 571. The van der Waals surface area contributed by atoms with Crippen molar-refractivity contribution < 1.29 is 36.7 Å². The van der Waals surface area contributed by atoms with Crippen LogP contribution < -0.4 is 38.2 Å². The van der Waals surface area contributed by atoms with Gasteiger partial charge in [0.2, 0.25) is 0 Å². The Morgan fingerprint density at radius 1 is 1.32 bits per heavy atom. The number of carbonyl (C=O) groups excluding carboxylic acids is 1. The number of rotatable bonds is 7. The number of hydrogen-bond donors (Lipinski definition) is 3. The van der Waals surface area contributed by atoms with E-state index in [1.165, 1.54) is 11.8 Å². The van der Waals surface area contributed by atoms with E-state index in [1.54, 1.807) is 0 Å². The maximum absolute atomic E-state index is 11.5. The Balaban J connectivity index is 0.00000576. The Kier molecular flexibility index (Phi) is 11.0. The first-order chi connectivity index (χ1) is 11.3. The number of halogens is 1. The molecule has 0 saturated heterocycles. The number of carbonyl (C=O) groups is 1. The lowest BCUT2D eigenvalue weighted by molar-refractivity contribution is -0.110. The quantitative estimate of drug-likeness (QED) is 0.274. The highest BCUT2D eigenvalue weighted by molar-refractivity contribution is 8.13. The lowest BCUT2D eigenvalue weighted by Crippen LogP contribution is -3.00. The predicted octanol–water partition coefficient (Wildman–Crippen LogP) is -1.59. The van der Waals surface area contributed by atoms with Gasteiger partial charge < -0.3 is 31.8 Å². The lowest BCUT2D eigenvalue weighted by Gasteiger charge is -2.19. The van der Waals surface area contributed by atoms with Gasteiger partial charge in [0.15, 0.2) is 0 Å². The monoisotopic (exact) mass is 431 g/mol. The van der Waals surface area contributed by atoms with E-state index in [0.29, 0.717) is 18.3 Å². The zero-order chi connectivity index (χ0) is 18.0. The largest absolute Gasteiger partial charge is 1.00 e. The van der Waals surface area contributed by atoms with Crippen molar-refractivity contribution in [2.75, 3.05) is 18.9 Å². The van der Waals surface area contributed by atoms with Gasteiger partial charge in [-0.15, -0.1) is 0 Å². The number of amidine groups is 1. The molecule has 1 amide bonds. The summed E-state index contributed by atoms with van der Waals surface area (Å²) >= 11 is 1.39. The third kappa shape index (κ3) is 12.4. The van der Waals surface area contributed by atoms with Gasteiger partial charge in [-0.2, -0.15) is 0 Å². The molecular weight excluding hydrogens is 406 g/mol. The van der Waals surface area contributed by atoms with Gasteiger partial charge in [-0.1, -0.05) is 24.3 Å². The highest BCUT2D eigenvalue weighted by atomic mass is 79.9. The lowest BCUT2D eigenvalue weighted by atomic mass is 10.2. The molecular formula is C17H26BrN3O3S. The number of alkyl carbamates (subject to hydrolysis) is 1. The first-order valence-corrected chi connectivity index (χ1v) is 8.62. The fourth-order valence-corrected chi connectivity index (χ4v) is 2.02. The van der Waals surface area contributed by atoms with Crippen LogP contribution in [0.4, 0.5) is 4.79 Å². The highest BCUT2D eigenvalue weighted by Gasteiger charge is 2.15. The third-order valence-electron chi connectivity index (χ3n) is 2.58. The fourth-order valence-electron chi connectivity index (χ4n) is 1.64. The summed E-state index contributed by atoms with van der Waals surface area (Å²) in [6.07, 6.45) is 3.54. The number of thioether (sulfide) groups is 1. The Labute approximate surface area is 163 Å². The molecule has 0 fully saturated rings. The van der Waals surface area contributed by atoms with Crippen LogP contribution in [0.1, 0.15) is 26.3 Å². The summed E-state index contributed by atoms with van der Waals surface area (Å²) in [7, 11) is 0. The summed E-state index contributed by atoms with van der Waals surface area (Å²) in [5.41, 5.74) is 5.93. The summed E-state index contributed by atoms with van der Waals surface area (Å²) in [5.74, 6) is 1.48. The number of nitrogens with two attached hydrogens (primary N) is 2. The standard InChI is InChI=1S/C17H25N3O3S.BrH/c1-17(2,3)23-16(21)20-10-11-22-14-8-6-13(7-9-14)5-4-12-24-15(18)19;/h4-9H,10-12H2,1-3H3,(H3,18,19)(H,20,21);1H/b5-4+;. The number of benzene rings is 1. The van der Waals surface area contributed by atoms with Gasteiger partial charge in [0.25, 0.3) is 5.17 Å². The average Bonchev–Trinajstić information content (AvgIpc) is 2.47. The number of nitrogens with one attached hydrogen (secondary N) is 1. The van der Waals surface area contributed by atoms with Crippen molar-refractivity contribution in [3.8, 4) is 5.75 Å². The number of hydrogen-bond acceptors (Lipinski definition) is 4. The molecule has 0 saturated carbocycles. The second-order valence-electron chi connectivity index (χ2n) is 5.96. The van der Waals surface area contributed by atoms with E-state index in [2.05, 4.69) is 5.32 Å². The molecule has 0 aromatic heterocycles. The van der Waals surface area contributed by atoms with Crippen molar-refractivity contribution in [1.82, 2.24) is 5.32 Å². The van der Waals surface area contributed by atoms with Gasteiger partial charge in [0, 0.05) is 5.75 Å². The number of amides is 1. The van der Waals surface area contributed by atoms with Crippen molar-refractivity contribution in [2.24, 2.45) is 5.73 Å². The molecule has 0 unspecified atom stereocenters. The fraction of sp³-hybridized carbons (Fsp3) is 0.412. The van der Waals surface area contributed by atoms with E-state index in [1.807, 2.05) is 57.2 Å². The van der Waals surface area contributed by atoms with Gasteiger partial charge in [-0.05, 0) is 50.2 Å². The van der Waals surface area contributed by atoms with Crippen LogP contribution in [0.15, 0.2) is 30.3 Å². The van der Waals surface area contributed by atoms with Gasteiger partial charge in [-0.25, -0.2) is 4.79 Å². The summed E-state index contributed by atoms with van der Waals surface area (Å²) < 4.78 is 10.7. The normalized spacial score (nSPS) is 10.8. The average molecular weight is 432 g/mol. The van der Waals surface area contributed by atoms with Gasteiger partial charge in [-0.3, -0.25) is 11.1 Å². The molecule has 0 radical (unpaired) electrons. The van der Waals surface area contributed by atoms with Crippen molar-refractivity contribution in [3.05, 3.63) is 35.9 Å². The van der Waals surface area contributed by atoms with Gasteiger partial charge in [0.1, 0.15) is 18.0 Å². The molecule has 0 aliphatic rings. The molecule has 0 aliphatic carbocycles. The number of ether oxygens (including phenoxy) is 2. The molecule has 25 heavy (non-hydrogen) atoms. The van der Waals surface area contributed by atoms with Crippen LogP contribution in [-0.4, -0.2) is 35.8 Å². The van der Waals surface area contributed by atoms with Crippen molar-refractivity contribution in [3.63, 3.8) is 0 Å². The minimum absolute atomic E-state index is 0. The SMILES string of the molecule is CC(C)(C)OC(=O)NCCOc1ccc(/C=C/CSC(N)=[NH2+])cc1.[Br-]. The third-order valence-corrected chi connectivity index (χ3v) is 3.27. The molecule has 1 aromatic carbocycles. The molecule has 1 aromatic rings. The van der Waals surface area contributed by atoms with Crippen LogP contribution in [0, 0.1) is 0 Å². The molecule has 8 heteroatoms. The summed E-state index contributed by atoms with van der Waals surface area (Å²) in [6, 6.07) is 7.66. The first-order valence-electron chi connectivity index (χ1n) is 7.63. The van der Waals surface area contributed by atoms with E-state index in [4.69, 9.17) is 20.6 Å². The van der Waals surface area contributed by atoms with Crippen LogP contribution in [0.2, 0.25) is 0 Å². The van der Waals surface area contributed by atoms with Crippen molar-refractivity contribution in [1.29, 1.82) is 0 Å². The van der Waals surface area contributed by atoms with Crippen LogP contribution >= 0.6 is 11.8 Å². The molecule has 0 bridgehead atoms. The first kappa shape index (κ1) is 23.3. The second kappa shape index (κ2) is 11.8. The van der Waals surface area contributed by atoms with E-state index in [-0.39, 0.29) is 17.0 Å². The maximum Gasteiger partial charge on any atom is 0.407 e. The van der Waals surface area contributed by atoms with E-state index in [9.17, 15) is 4.79 Å². The van der Waals surface area contributed by atoms with E-state index >= 15 is 0 Å². The smallest absolute Gasteiger partial charge is 0.407 e. The molecule has 1 rings (SSSR count). The van der Waals surface area contributed by atoms with Crippen LogP contribution in [0.5, 0.6) is 5.75 Å².